The number of nitrogens with one attached hydrogen (secondary N) is 1. The molecule has 0 saturated carbocycles. The van der Waals surface area contributed by atoms with Gasteiger partial charge >= 0.3 is 0 Å². The molecule has 0 spiro atoms. The van der Waals surface area contributed by atoms with Crippen LogP contribution in [0.25, 0.3) is 11.4 Å². The lowest BCUT2D eigenvalue weighted by Crippen LogP contribution is -2.14. The molecule has 3 aromatic carbocycles. The molecule has 2 N–H and O–H groups in total. The number of nitrogens with zero attached hydrogens (tertiary/aromatic N) is 3. The largest absolute Gasteiger partial charge is 0.507 e. The molecule has 0 saturated heterocycles. The summed E-state index contributed by atoms with van der Waals surface area (Å²) in [6.07, 6.45) is 0. The van der Waals surface area contributed by atoms with Crippen molar-refractivity contribution in [3.8, 4) is 28.6 Å². The summed E-state index contributed by atoms with van der Waals surface area (Å²) in [6.45, 7) is 2.58. The molecule has 1 heterocycles. The van der Waals surface area contributed by atoms with Gasteiger partial charge in [0.2, 0.25) is 5.91 Å². The van der Waals surface area contributed by atoms with E-state index in [0.29, 0.717) is 34.5 Å². The maximum Gasteiger partial charge on any atom is 0.234 e. The van der Waals surface area contributed by atoms with Crippen molar-refractivity contribution < 1.29 is 14.6 Å². The van der Waals surface area contributed by atoms with Gasteiger partial charge in [0.05, 0.1) is 11.3 Å². The van der Waals surface area contributed by atoms with Crippen LogP contribution in [0.3, 0.4) is 0 Å². The average molecular weight is 447 g/mol. The molecular weight excluding hydrogens is 424 g/mol. The van der Waals surface area contributed by atoms with Crippen molar-refractivity contribution in [1.82, 2.24) is 14.8 Å². The van der Waals surface area contributed by atoms with Gasteiger partial charge in [-0.3, -0.25) is 4.79 Å². The van der Waals surface area contributed by atoms with Gasteiger partial charge in [0.25, 0.3) is 0 Å². The monoisotopic (exact) mass is 446 g/mol. The van der Waals surface area contributed by atoms with Gasteiger partial charge in [-0.1, -0.05) is 42.1 Å². The van der Waals surface area contributed by atoms with Crippen molar-refractivity contribution in [2.24, 2.45) is 0 Å². The first kappa shape index (κ1) is 21.5. The summed E-state index contributed by atoms with van der Waals surface area (Å²) in [5.74, 6) is 2.19. The molecule has 0 radical (unpaired) electrons. The third-order valence-corrected chi connectivity index (χ3v) is 5.59. The minimum Gasteiger partial charge on any atom is -0.507 e. The highest BCUT2D eigenvalue weighted by molar-refractivity contribution is 7.99. The number of rotatable bonds is 8. The predicted molar refractivity (Wildman–Crippen MR) is 125 cm³/mol. The van der Waals surface area contributed by atoms with Gasteiger partial charge in [0, 0.05) is 12.2 Å². The van der Waals surface area contributed by atoms with E-state index >= 15 is 0 Å². The number of benzene rings is 3. The molecule has 1 amide bonds. The second-order valence-corrected chi connectivity index (χ2v) is 7.79. The number of hydrogen-bond acceptors (Lipinski definition) is 6. The zero-order valence-electron chi connectivity index (χ0n) is 17.4. The fraction of sp³-hybridized carbons (Fsp3) is 0.125. The van der Waals surface area contributed by atoms with Crippen molar-refractivity contribution in [1.29, 1.82) is 0 Å². The van der Waals surface area contributed by atoms with Crippen molar-refractivity contribution in [2.75, 3.05) is 11.1 Å². The molecule has 8 heteroatoms. The first-order chi connectivity index (χ1) is 15.6. The summed E-state index contributed by atoms with van der Waals surface area (Å²) < 4.78 is 7.64. The maximum absolute atomic E-state index is 12.4. The molecule has 32 heavy (non-hydrogen) atoms. The second kappa shape index (κ2) is 10.0. The summed E-state index contributed by atoms with van der Waals surface area (Å²) in [5, 5.41) is 22.0. The van der Waals surface area contributed by atoms with Crippen LogP contribution in [0, 0.1) is 0 Å². The van der Waals surface area contributed by atoms with E-state index in [1.807, 2.05) is 60.0 Å². The molecule has 0 bridgehead atoms. The summed E-state index contributed by atoms with van der Waals surface area (Å²) in [7, 11) is 0. The van der Waals surface area contributed by atoms with E-state index < -0.39 is 0 Å². The lowest BCUT2D eigenvalue weighted by Gasteiger charge is -2.09. The number of aromatic nitrogens is 3. The van der Waals surface area contributed by atoms with Crippen LogP contribution in [0.1, 0.15) is 6.92 Å². The Hall–Kier alpha value is -3.78. The van der Waals surface area contributed by atoms with Gasteiger partial charge in [-0.05, 0) is 55.5 Å². The van der Waals surface area contributed by atoms with Crippen LogP contribution in [-0.4, -0.2) is 31.5 Å². The van der Waals surface area contributed by atoms with Gasteiger partial charge in [0.15, 0.2) is 11.0 Å². The lowest BCUT2D eigenvalue weighted by molar-refractivity contribution is -0.113. The SMILES string of the molecule is CCn1c(SCC(=O)Nc2ccc(Oc3ccccc3)cc2)nnc1-c1ccccc1O. The molecule has 1 aromatic heterocycles. The molecule has 0 aliphatic carbocycles. The lowest BCUT2D eigenvalue weighted by atomic mass is 10.2. The standard InChI is InChI=1S/C24H22N4O3S/c1-2-28-23(20-10-6-7-11-21(20)29)26-27-24(28)32-16-22(30)25-17-12-14-19(15-13-17)31-18-8-4-3-5-9-18/h3-15,29H,2,16H2,1H3,(H,25,30). The van der Waals surface area contributed by atoms with E-state index in [2.05, 4.69) is 15.5 Å². The van der Waals surface area contributed by atoms with E-state index in [0.717, 1.165) is 5.75 Å². The highest BCUT2D eigenvalue weighted by Crippen LogP contribution is 2.30. The number of thioether (sulfide) groups is 1. The number of anilines is 1. The smallest absolute Gasteiger partial charge is 0.234 e. The number of ether oxygens (including phenoxy) is 1. The molecule has 162 valence electrons. The topological polar surface area (TPSA) is 89.3 Å². The summed E-state index contributed by atoms with van der Waals surface area (Å²) in [6, 6.07) is 23.7. The Balaban J connectivity index is 1.36. The van der Waals surface area contributed by atoms with Gasteiger partial charge in [0.1, 0.15) is 17.2 Å². The number of aromatic hydroxyl groups is 1. The Morgan fingerprint density at radius 3 is 2.38 bits per heavy atom. The summed E-state index contributed by atoms with van der Waals surface area (Å²) >= 11 is 1.30. The van der Waals surface area contributed by atoms with Crippen LogP contribution in [0.5, 0.6) is 17.2 Å². The highest BCUT2D eigenvalue weighted by atomic mass is 32.2. The average Bonchev–Trinajstić information content (AvgIpc) is 3.23. The van der Waals surface area contributed by atoms with Gasteiger partial charge in [-0.25, -0.2) is 0 Å². The van der Waals surface area contributed by atoms with Crippen molar-refractivity contribution >= 4 is 23.4 Å². The van der Waals surface area contributed by atoms with Gasteiger partial charge in [-0.15, -0.1) is 10.2 Å². The molecule has 0 fully saturated rings. The van der Waals surface area contributed by atoms with Crippen molar-refractivity contribution in [2.45, 2.75) is 18.6 Å². The number of hydrogen-bond donors (Lipinski definition) is 2. The maximum atomic E-state index is 12.4. The third-order valence-electron chi connectivity index (χ3n) is 4.63. The molecule has 4 rings (SSSR count). The van der Waals surface area contributed by atoms with Crippen LogP contribution in [0.4, 0.5) is 5.69 Å². The molecule has 7 nitrogen and oxygen atoms in total. The number of phenolic OH excluding ortho intramolecular Hbond substituents is 1. The van der Waals surface area contributed by atoms with Gasteiger partial charge in [-0.2, -0.15) is 0 Å². The Morgan fingerprint density at radius 1 is 0.969 bits per heavy atom. The Kier molecular flexibility index (Phi) is 6.72. The first-order valence-corrected chi connectivity index (χ1v) is 11.1. The van der Waals surface area contributed by atoms with Crippen molar-refractivity contribution in [3.05, 3.63) is 78.9 Å². The van der Waals surface area contributed by atoms with E-state index in [-0.39, 0.29) is 17.4 Å². The zero-order valence-corrected chi connectivity index (χ0v) is 18.2. The normalized spacial score (nSPS) is 10.7. The quantitative estimate of drug-likeness (QED) is 0.362. The minimum absolute atomic E-state index is 0.142. The Morgan fingerprint density at radius 2 is 1.66 bits per heavy atom. The Bertz CT molecular complexity index is 1190. The fourth-order valence-electron chi connectivity index (χ4n) is 3.10. The third kappa shape index (κ3) is 5.09. The van der Waals surface area contributed by atoms with E-state index in [4.69, 9.17) is 4.74 Å². The van der Waals surface area contributed by atoms with E-state index in [9.17, 15) is 9.90 Å². The number of para-hydroxylation sites is 2. The van der Waals surface area contributed by atoms with Crippen LogP contribution < -0.4 is 10.1 Å². The molecular formula is C24H22N4O3S. The number of phenols is 1. The molecule has 0 unspecified atom stereocenters. The van der Waals surface area contributed by atoms with Crippen LogP contribution >= 0.6 is 11.8 Å². The summed E-state index contributed by atoms with van der Waals surface area (Å²) in [5.41, 5.74) is 1.29. The number of amides is 1. The fourth-order valence-corrected chi connectivity index (χ4v) is 3.90. The molecule has 0 aliphatic heterocycles. The zero-order chi connectivity index (χ0) is 22.3. The Labute approximate surface area is 190 Å². The van der Waals surface area contributed by atoms with E-state index in [1.165, 1.54) is 11.8 Å². The molecule has 0 atom stereocenters. The van der Waals surface area contributed by atoms with Crippen LogP contribution in [0.2, 0.25) is 0 Å². The molecule has 4 aromatic rings. The van der Waals surface area contributed by atoms with Gasteiger partial charge < -0.3 is 19.7 Å². The number of carbonyl (C=O) groups excluding carboxylic acids is 1. The van der Waals surface area contributed by atoms with E-state index in [1.54, 1.807) is 30.3 Å². The molecule has 0 aliphatic rings. The van der Waals surface area contributed by atoms with Crippen LogP contribution in [-0.2, 0) is 11.3 Å². The second-order valence-electron chi connectivity index (χ2n) is 6.84. The predicted octanol–water partition coefficient (Wildman–Crippen LogP) is 5.19. The highest BCUT2D eigenvalue weighted by Gasteiger charge is 2.16. The van der Waals surface area contributed by atoms with Crippen molar-refractivity contribution in [3.63, 3.8) is 0 Å². The number of carbonyl (C=O) groups is 1. The minimum atomic E-state index is -0.151. The summed E-state index contributed by atoms with van der Waals surface area (Å²) in [4.78, 5) is 12.4. The van der Waals surface area contributed by atoms with Crippen LogP contribution in [0.15, 0.2) is 84.0 Å². The first-order valence-electron chi connectivity index (χ1n) is 10.1.